The summed E-state index contributed by atoms with van der Waals surface area (Å²) in [6, 6.07) is 19.0. The molecular formula is C28H20BrNO5. The molecule has 6 nitrogen and oxygen atoms in total. The van der Waals surface area contributed by atoms with Gasteiger partial charge in [-0.1, -0.05) is 58.4 Å². The lowest BCUT2D eigenvalue weighted by molar-refractivity contribution is -0.127. The van der Waals surface area contributed by atoms with Crippen molar-refractivity contribution in [2.75, 3.05) is 4.90 Å². The van der Waals surface area contributed by atoms with Crippen LogP contribution in [-0.2, 0) is 14.3 Å². The van der Waals surface area contributed by atoms with E-state index in [9.17, 15) is 19.2 Å². The molecule has 1 spiro atoms. The smallest absolute Gasteiger partial charge is 0.241 e. The minimum atomic E-state index is -2.07. The molecule has 35 heavy (non-hydrogen) atoms. The van der Waals surface area contributed by atoms with Crippen molar-refractivity contribution in [3.63, 3.8) is 0 Å². The van der Waals surface area contributed by atoms with Gasteiger partial charge >= 0.3 is 0 Å². The van der Waals surface area contributed by atoms with Gasteiger partial charge in [-0.2, -0.15) is 0 Å². The van der Waals surface area contributed by atoms with E-state index in [1.54, 1.807) is 54.6 Å². The SMILES string of the molecule is Cc1ccc(N2C(=O)[C@H]3[C@@H](c4cccc(Br)c4)OC4(C(=O)c5ccccc5C4=O)[C@@H]3C2=O)cc1C. The largest absolute Gasteiger partial charge is 0.349 e. The molecule has 3 aromatic rings. The Bertz CT molecular complexity index is 1440. The van der Waals surface area contributed by atoms with Crippen molar-refractivity contribution in [2.45, 2.75) is 25.6 Å². The Morgan fingerprint density at radius 1 is 0.800 bits per heavy atom. The Kier molecular flexibility index (Phi) is 4.75. The van der Waals surface area contributed by atoms with Crippen molar-refractivity contribution >= 4 is 45.0 Å². The maximum Gasteiger partial charge on any atom is 0.241 e. The summed E-state index contributed by atoms with van der Waals surface area (Å²) in [5.41, 5.74) is 1.36. The molecule has 0 saturated carbocycles. The average molecular weight is 530 g/mol. The standard InChI is InChI=1S/C28H20BrNO5/c1-14-10-11-18(12-15(14)2)30-26(33)21-22(27(30)34)28(35-23(21)16-6-5-7-17(29)13-16)24(31)19-8-3-4-9-20(19)25(28)32/h3-13,21-23H,1-2H3/t21-,22+,23-/m1/s1. The number of hydrogen-bond acceptors (Lipinski definition) is 5. The Hall–Kier alpha value is -3.42. The number of aryl methyl sites for hydroxylation is 2. The van der Waals surface area contributed by atoms with Gasteiger partial charge in [0.25, 0.3) is 0 Å². The molecule has 2 heterocycles. The van der Waals surface area contributed by atoms with Crippen LogP contribution in [0.5, 0.6) is 0 Å². The van der Waals surface area contributed by atoms with Crippen molar-refractivity contribution in [2.24, 2.45) is 11.8 Å². The van der Waals surface area contributed by atoms with Crippen LogP contribution >= 0.6 is 15.9 Å². The van der Waals surface area contributed by atoms with E-state index in [2.05, 4.69) is 15.9 Å². The van der Waals surface area contributed by atoms with E-state index in [-0.39, 0.29) is 11.1 Å². The number of nitrogens with zero attached hydrogens (tertiary/aromatic N) is 1. The number of amides is 2. The van der Waals surface area contributed by atoms with E-state index in [1.165, 1.54) is 0 Å². The number of carbonyl (C=O) groups excluding carboxylic acids is 4. The van der Waals surface area contributed by atoms with Gasteiger partial charge in [-0.25, -0.2) is 4.90 Å². The molecule has 3 aliphatic rings. The Morgan fingerprint density at radius 2 is 1.49 bits per heavy atom. The number of carbonyl (C=O) groups is 4. The third-order valence-corrected chi connectivity index (χ3v) is 7.94. The number of imide groups is 1. The number of fused-ring (bicyclic) bond motifs is 3. The van der Waals surface area contributed by atoms with Crippen LogP contribution in [0.25, 0.3) is 0 Å². The molecule has 7 heteroatoms. The van der Waals surface area contributed by atoms with Crippen LogP contribution in [0.15, 0.2) is 71.2 Å². The lowest BCUT2D eigenvalue weighted by Crippen LogP contribution is -2.51. The Morgan fingerprint density at radius 3 is 2.11 bits per heavy atom. The highest BCUT2D eigenvalue weighted by molar-refractivity contribution is 9.10. The minimum Gasteiger partial charge on any atom is -0.349 e. The maximum atomic E-state index is 14.0. The second kappa shape index (κ2) is 7.54. The monoisotopic (exact) mass is 529 g/mol. The molecule has 0 unspecified atom stereocenters. The van der Waals surface area contributed by atoms with Gasteiger partial charge in [-0.05, 0) is 54.8 Å². The van der Waals surface area contributed by atoms with E-state index >= 15 is 0 Å². The van der Waals surface area contributed by atoms with Crippen LogP contribution in [0.2, 0.25) is 0 Å². The Balaban J connectivity index is 1.55. The molecule has 3 atom stereocenters. The summed E-state index contributed by atoms with van der Waals surface area (Å²) >= 11 is 3.44. The molecule has 0 radical (unpaired) electrons. The fraction of sp³-hybridized carbons (Fsp3) is 0.214. The number of rotatable bonds is 2. The highest BCUT2D eigenvalue weighted by Gasteiger charge is 2.74. The van der Waals surface area contributed by atoms with Crippen molar-refractivity contribution in [3.05, 3.63) is 99.0 Å². The highest BCUT2D eigenvalue weighted by atomic mass is 79.9. The number of halogens is 1. The molecular weight excluding hydrogens is 510 g/mol. The quantitative estimate of drug-likeness (QED) is 0.353. The van der Waals surface area contributed by atoms with Gasteiger partial charge in [0.1, 0.15) is 0 Å². The summed E-state index contributed by atoms with van der Waals surface area (Å²) in [7, 11) is 0. The van der Waals surface area contributed by atoms with Crippen LogP contribution in [0.3, 0.4) is 0 Å². The van der Waals surface area contributed by atoms with E-state index in [0.29, 0.717) is 11.3 Å². The summed E-state index contributed by atoms with van der Waals surface area (Å²) in [4.78, 5) is 56.5. The minimum absolute atomic E-state index is 0.219. The molecule has 2 saturated heterocycles. The number of Topliss-reactive ketones (excluding diaryl/α,β-unsaturated/α-hetero) is 2. The summed E-state index contributed by atoms with van der Waals surface area (Å²) in [5, 5.41) is 0. The first-order valence-corrected chi connectivity index (χ1v) is 12.1. The van der Waals surface area contributed by atoms with E-state index in [1.807, 2.05) is 26.0 Å². The van der Waals surface area contributed by atoms with Crippen LogP contribution in [-0.4, -0.2) is 29.0 Å². The van der Waals surface area contributed by atoms with Gasteiger partial charge in [0.15, 0.2) is 0 Å². The van der Waals surface area contributed by atoms with Gasteiger partial charge in [-0.3, -0.25) is 19.2 Å². The second-order valence-electron chi connectivity index (χ2n) is 9.32. The van der Waals surface area contributed by atoms with Crippen LogP contribution in [0.1, 0.15) is 43.5 Å². The molecule has 2 amide bonds. The van der Waals surface area contributed by atoms with Gasteiger partial charge in [-0.15, -0.1) is 0 Å². The predicted octanol–water partition coefficient (Wildman–Crippen LogP) is 4.76. The molecule has 0 aromatic heterocycles. The van der Waals surface area contributed by atoms with E-state index < -0.39 is 46.9 Å². The fourth-order valence-electron chi connectivity index (χ4n) is 5.62. The first kappa shape index (κ1) is 22.1. The zero-order valence-electron chi connectivity index (χ0n) is 18.9. The van der Waals surface area contributed by atoms with Gasteiger partial charge in [0.2, 0.25) is 29.0 Å². The van der Waals surface area contributed by atoms with Crippen molar-refractivity contribution in [1.29, 1.82) is 0 Å². The summed E-state index contributed by atoms with van der Waals surface area (Å²) in [6.07, 6.45) is -0.937. The maximum absolute atomic E-state index is 14.0. The molecule has 3 aromatic carbocycles. The lowest BCUT2D eigenvalue weighted by Gasteiger charge is -2.27. The van der Waals surface area contributed by atoms with Crippen molar-refractivity contribution in [1.82, 2.24) is 0 Å². The van der Waals surface area contributed by atoms with Crippen molar-refractivity contribution in [3.8, 4) is 0 Å². The predicted molar refractivity (Wildman–Crippen MR) is 131 cm³/mol. The van der Waals surface area contributed by atoms with Gasteiger partial charge in [0, 0.05) is 15.6 Å². The third-order valence-electron chi connectivity index (χ3n) is 7.44. The molecule has 0 N–H and O–H groups in total. The second-order valence-corrected chi connectivity index (χ2v) is 10.2. The van der Waals surface area contributed by atoms with Crippen LogP contribution in [0.4, 0.5) is 5.69 Å². The van der Waals surface area contributed by atoms with E-state index in [0.717, 1.165) is 20.5 Å². The number of ether oxygens (including phenoxy) is 1. The Labute approximate surface area is 210 Å². The topological polar surface area (TPSA) is 80.8 Å². The first-order chi connectivity index (χ1) is 16.8. The number of hydrogen-bond donors (Lipinski definition) is 0. The average Bonchev–Trinajstić information content (AvgIpc) is 3.41. The zero-order chi connectivity index (χ0) is 24.6. The summed E-state index contributed by atoms with van der Waals surface area (Å²) in [5.74, 6) is -4.45. The molecule has 2 fully saturated rings. The normalized spacial score (nSPS) is 24.4. The molecule has 2 aliphatic heterocycles. The fourth-order valence-corrected chi connectivity index (χ4v) is 6.04. The van der Waals surface area contributed by atoms with Crippen LogP contribution < -0.4 is 4.90 Å². The summed E-state index contributed by atoms with van der Waals surface area (Å²) in [6.45, 7) is 3.85. The van der Waals surface area contributed by atoms with E-state index in [4.69, 9.17) is 4.74 Å². The first-order valence-electron chi connectivity index (χ1n) is 11.3. The molecule has 0 bridgehead atoms. The number of benzene rings is 3. The highest BCUT2D eigenvalue weighted by Crippen LogP contribution is 2.57. The number of anilines is 1. The van der Waals surface area contributed by atoms with Gasteiger partial charge in [0.05, 0.1) is 23.6 Å². The number of ketones is 2. The van der Waals surface area contributed by atoms with Crippen molar-refractivity contribution < 1.29 is 23.9 Å². The summed E-state index contributed by atoms with van der Waals surface area (Å²) < 4.78 is 7.06. The third kappa shape index (κ3) is 2.85. The lowest BCUT2D eigenvalue weighted by atomic mass is 9.77. The molecule has 1 aliphatic carbocycles. The zero-order valence-corrected chi connectivity index (χ0v) is 20.5. The van der Waals surface area contributed by atoms with Crippen LogP contribution in [0, 0.1) is 25.7 Å². The van der Waals surface area contributed by atoms with Gasteiger partial charge < -0.3 is 4.74 Å². The molecule has 6 rings (SSSR count). The molecule has 174 valence electrons.